The number of rotatable bonds is 3. The number of carbonyl (C=O) groups is 1. The predicted molar refractivity (Wildman–Crippen MR) is 86.1 cm³/mol. The van der Waals surface area contributed by atoms with E-state index in [1.165, 1.54) is 0 Å². The molecule has 6 nitrogen and oxygen atoms in total. The first-order valence-corrected chi connectivity index (χ1v) is 7.96. The Morgan fingerprint density at radius 1 is 1.32 bits per heavy atom. The fourth-order valence-electron chi connectivity index (χ4n) is 2.51. The maximum absolute atomic E-state index is 12.0. The zero-order chi connectivity index (χ0) is 16.2. The van der Waals surface area contributed by atoms with Crippen molar-refractivity contribution in [3.8, 4) is 0 Å². The van der Waals surface area contributed by atoms with Crippen LogP contribution in [-0.4, -0.2) is 33.7 Å². The number of carbonyl (C=O) groups excluding carboxylic acids is 1. The van der Waals surface area contributed by atoms with Crippen LogP contribution < -0.4 is 10.6 Å². The van der Waals surface area contributed by atoms with Gasteiger partial charge in [0, 0.05) is 12.2 Å². The van der Waals surface area contributed by atoms with Crippen LogP contribution in [0.5, 0.6) is 0 Å². The third-order valence-corrected chi connectivity index (χ3v) is 3.61. The molecule has 1 aromatic rings. The second-order valence-corrected chi connectivity index (χ2v) is 6.88. The number of nitrogens with zero attached hydrogens (tertiary/aromatic N) is 2. The third-order valence-electron chi connectivity index (χ3n) is 3.40. The third kappa shape index (κ3) is 5.33. The number of anilines is 1. The van der Waals surface area contributed by atoms with Gasteiger partial charge in [0.2, 0.25) is 5.95 Å². The summed E-state index contributed by atoms with van der Waals surface area (Å²) in [6.07, 6.45) is 5.24. The van der Waals surface area contributed by atoms with E-state index < -0.39 is 11.7 Å². The maximum atomic E-state index is 12.0. The molecule has 0 aromatic carbocycles. The molecular weight excluding hydrogens is 304 g/mol. The molecule has 0 saturated heterocycles. The Kier molecular flexibility index (Phi) is 5.45. The Morgan fingerprint density at radius 3 is 2.64 bits per heavy atom. The van der Waals surface area contributed by atoms with E-state index >= 15 is 0 Å². The van der Waals surface area contributed by atoms with E-state index in [0.29, 0.717) is 11.1 Å². The minimum absolute atomic E-state index is 0.00817. The van der Waals surface area contributed by atoms with Crippen molar-refractivity contribution in [2.45, 2.75) is 64.1 Å². The van der Waals surface area contributed by atoms with Gasteiger partial charge in [0.15, 0.2) is 0 Å². The highest BCUT2D eigenvalue weighted by Gasteiger charge is 2.28. The molecule has 1 amide bonds. The highest BCUT2D eigenvalue weighted by atomic mass is 35.5. The number of halogens is 1. The zero-order valence-electron chi connectivity index (χ0n) is 13.2. The number of amides is 1. The van der Waals surface area contributed by atoms with Crippen molar-refractivity contribution in [3.63, 3.8) is 0 Å². The van der Waals surface area contributed by atoms with E-state index in [0.717, 1.165) is 25.7 Å². The van der Waals surface area contributed by atoms with Crippen molar-refractivity contribution in [2.75, 3.05) is 5.32 Å². The molecule has 2 unspecified atom stereocenters. The Bertz CT molecular complexity index is 519. The van der Waals surface area contributed by atoms with Crippen LogP contribution >= 0.6 is 11.6 Å². The second kappa shape index (κ2) is 7.13. The summed E-state index contributed by atoms with van der Waals surface area (Å²) in [5, 5.41) is 6.60. The Morgan fingerprint density at radius 2 is 2.00 bits per heavy atom. The van der Waals surface area contributed by atoms with Gasteiger partial charge in [-0.1, -0.05) is 24.4 Å². The molecule has 2 rings (SSSR count). The van der Waals surface area contributed by atoms with E-state index in [2.05, 4.69) is 20.6 Å². The molecule has 0 bridgehead atoms. The van der Waals surface area contributed by atoms with E-state index in [-0.39, 0.29) is 12.1 Å². The maximum Gasteiger partial charge on any atom is 0.407 e. The van der Waals surface area contributed by atoms with Crippen molar-refractivity contribution in [2.24, 2.45) is 0 Å². The molecule has 1 aromatic heterocycles. The molecule has 1 aliphatic rings. The predicted octanol–water partition coefficient (Wildman–Crippen LogP) is 3.38. The van der Waals surface area contributed by atoms with Gasteiger partial charge in [-0.25, -0.2) is 14.8 Å². The lowest BCUT2D eigenvalue weighted by molar-refractivity contribution is 0.0488. The fourth-order valence-corrected chi connectivity index (χ4v) is 2.64. The van der Waals surface area contributed by atoms with Crippen LogP contribution in [-0.2, 0) is 4.74 Å². The normalized spacial score (nSPS) is 22.0. The van der Waals surface area contributed by atoms with Crippen molar-refractivity contribution in [3.05, 3.63) is 17.4 Å². The van der Waals surface area contributed by atoms with Crippen LogP contribution in [0.15, 0.2) is 12.3 Å². The first-order chi connectivity index (χ1) is 10.3. The summed E-state index contributed by atoms with van der Waals surface area (Å²) >= 11 is 5.88. The number of aromatic nitrogens is 2. The lowest BCUT2D eigenvalue weighted by Crippen LogP contribution is -2.50. The van der Waals surface area contributed by atoms with Crippen molar-refractivity contribution in [1.82, 2.24) is 15.3 Å². The lowest BCUT2D eigenvalue weighted by Gasteiger charge is -2.33. The lowest BCUT2D eigenvalue weighted by atomic mass is 9.90. The van der Waals surface area contributed by atoms with Crippen LogP contribution in [0.2, 0.25) is 5.15 Å². The smallest absolute Gasteiger partial charge is 0.407 e. The summed E-state index contributed by atoms with van der Waals surface area (Å²) in [5.41, 5.74) is -0.502. The molecule has 1 fully saturated rings. The molecule has 2 N–H and O–H groups in total. The largest absolute Gasteiger partial charge is 0.444 e. The quantitative estimate of drug-likeness (QED) is 0.833. The van der Waals surface area contributed by atoms with E-state index in [9.17, 15) is 4.79 Å². The molecule has 122 valence electrons. The molecule has 22 heavy (non-hydrogen) atoms. The molecule has 2 atom stereocenters. The SMILES string of the molecule is CC(C)(C)OC(=O)NC1CCCCC1Nc1nccc(Cl)n1. The molecule has 0 radical (unpaired) electrons. The molecule has 1 saturated carbocycles. The number of hydrogen-bond acceptors (Lipinski definition) is 5. The standard InChI is InChI=1S/C15H23ClN4O2/c1-15(2,3)22-14(21)19-11-7-5-4-6-10(11)18-13-17-9-8-12(16)20-13/h8-11H,4-7H2,1-3H3,(H,19,21)(H,17,18,20). The summed E-state index contributed by atoms with van der Waals surface area (Å²) in [7, 11) is 0. The fraction of sp³-hybridized carbons (Fsp3) is 0.667. The average Bonchev–Trinajstić information content (AvgIpc) is 2.39. The summed E-state index contributed by atoms with van der Waals surface area (Å²) < 4.78 is 5.33. The summed E-state index contributed by atoms with van der Waals surface area (Å²) in [6, 6.07) is 1.69. The molecule has 0 aliphatic heterocycles. The highest BCUT2D eigenvalue weighted by Crippen LogP contribution is 2.22. The molecule has 0 spiro atoms. The van der Waals surface area contributed by atoms with Crippen LogP contribution in [0.1, 0.15) is 46.5 Å². The first-order valence-electron chi connectivity index (χ1n) is 7.58. The molecule has 7 heteroatoms. The minimum atomic E-state index is -0.502. The van der Waals surface area contributed by atoms with Crippen LogP contribution in [0.3, 0.4) is 0 Å². The Hall–Kier alpha value is -1.56. The van der Waals surface area contributed by atoms with E-state index in [4.69, 9.17) is 16.3 Å². The van der Waals surface area contributed by atoms with Gasteiger partial charge >= 0.3 is 6.09 Å². The summed E-state index contributed by atoms with van der Waals surface area (Å²) in [6.45, 7) is 5.55. The van der Waals surface area contributed by atoms with Crippen molar-refractivity contribution < 1.29 is 9.53 Å². The van der Waals surface area contributed by atoms with Crippen molar-refractivity contribution in [1.29, 1.82) is 0 Å². The number of ether oxygens (including phenoxy) is 1. The van der Waals surface area contributed by atoms with Gasteiger partial charge in [-0.05, 0) is 39.7 Å². The molecule has 1 aliphatic carbocycles. The van der Waals surface area contributed by atoms with Gasteiger partial charge in [-0.15, -0.1) is 0 Å². The van der Waals surface area contributed by atoms with Crippen LogP contribution in [0.4, 0.5) is 10.7 Å². The Balaban J connectivity index is 1.97. The highest BCUT2D eigenvalue weighted by molar-refractivity contribution is 6.29. The molecule has 1 heterocycles. The second-order valence-electron chi connectivity index (χ2n) is 6.49. The van der Waals surface area contributed by atoms with Gasteiger partial charge in [0.05, 0.1) is 6.04 Å². The van der Waals surface area contributed by atoms with Crippen LogP contribution in [0, 0.1) is 0 Å². The summed E-state index contributed by atoms with van der Waals surface area (Å²) in [4.78, 5) is 20.3. The minimum Gasteiger partial charge on any atom is -0.444 e. The van der Waals surface area contributed by atoms with E-state index in [1.807, 2.05) is 20.8 Å². The van der Waals surface area contributed by atoms with Gasteiger partial charge in [-0.3, -0.25) is 0 Å². The topological polar surface area (TPSA) is 76.1 Å². The van der Waals surface area contributed by atoms with E-state index in [1.54, 1.807) is 12.3 Å². The molecular formula is C15H23ClN4O2. The van der Waals surface area contributed by atoms with Crippen LogP contribution in [0.25, 0.3) is 0 Å². The zero-order valence-corrected chi connectivity index (χ0v) is 14.0. The average molecular weight is 327 g/mol. The first kappa shape index (κ1) is 16.8. The van der Waals surface area contributed by atoms with Gasteiger partial charge in [-0.2, -0.15) is 0 Å². The van der Waals surface area contributed by atoms with Gasteiger partial charge in [0.25, 0.3) is 0 Å². The monoisotopic (exact) mass is 326 g/mol. The number of alkyl carbamates (subject to hydrolysis) is 1. The van der Waals surface area contributed by atoms with Crippen molar-refractivity contribution >= 4 is 23.6 Å². The number of hydrogen-bond donors (Lipinski definition) is 2. The number of nitrogens with one attached hydrogen (secondary N) is 2. The summed E-state index contributed by atoms with van der Waals surface area (Å²) in [5.74, 6) is 0.482. The van der Waals surface area contributed by atoms with Gasteiger partial charge in [0.1, 0.15) is 10.8 Å². The van der Waals surface area contributed by atoms with Gasteiger partial charge < -0.3 is 15.4 Å². The Labute approximate surface area is 136 Å².